The predicted octanol–water partition coefficient (Wildman–Crippen LogP) is 3.34. The summed E-state index contributed by atoms with van der Waals surface area (Å²) >= 11 is 5.78. The van der Waals surface area contributed by atoms with Crippen LogP contribution in [0.5, 0.6) is 0 Å². The summed E-state index contributed by atoms with van der Waals surface area (Å²) in [5, 5.41) is 3.06. The minimum absolute atomic E-state index is 0.0781. The van der Waals surface area contributed by atoms with Gasteiger partial charge in [-0.2, -0.15) is 0 Å². The Morgan fingerprint density at radius 3 is 2.38 bits per heavy atom. The summed E-state index contributed by atoms with van der Waals surface area (Å²) < 4.78 is 0. The zero-order valence-electron chi connectivity index (χ0n) is 10.7. The van der Waals surface area contributed by atoms with E-state index in [2.05, 4.69) is 12.2 Å². The SMILES string of the molecule is CC1(CNC(=O)C(C)(C)CCl)CCCCC1. The summed E-state index contributed by atoms with van der Waals surface area (Å²) in [4.78, 5) is 11.9. The number of hydrogen-bond acceptors (Lipinski definition) is 1. The monoisotopic (exact) mass is 245 g/mol. The molecule has 16 heavy (non-hydrogen) atoms. The fourth-order valence-electron chi connectivity index (χ4n) is 2.18. The van der Waals surface area contributed by atoms with Gasteiger partial charge >= 0.3 is 0 Å². The van der Waals surface area contributed by atoms with Crippen LogP contribution in [-0.2, 0) is 4.79 Å². The lowest BCUT2D eigenvalue weighted by molar-refractivity contribution is -0.128. The van der Waals surface area contributed by atoms with Crippen molar-refractivity contribution in [3.05, 3.63) is 0 Å². The van der Waals surface area contributed by atoms with E-state index in [0.29, 0.717) is 11.3 Å². The number of halogens is 1. The number of alkyl halides is 1. The Hall–Kier alpha value is -0.240. The van der Waals surface area contributed by atoms with Crippen LogP contribution in [0.25, 0.3) is 0 Å². The lowest BCUT2D eigenvalue weighted by atomic mass is 9.75. The topological polar surface area (TPSA) is 29.1 Å². The third kappa shape index (κ3) is 3.65. The molecule has 0 atom stereocenters. The van der Waals surface area contributed by atoms with E-state index in [1.807, 2.05) is 13.8 Å². The Balaban J connectivity index is 2.41. The number of carbonyl (C=O) groups is 1. The van der Waals surface area contributed by atoms with Gasteiger partial charge in [0.15, 0.2) is 0 Å². The molecule has 1 aliphatic rings. The lowest BCUT2D eigenvalue weighted by Crippen LogP contribution is -2.43. The molecule has 0 aromatic rings. The second-order valence-electron chi connectivity index (χ2n) is 6.07. The quantitative estimate of drug-likeness (QED) is 0.757. The molecule has 1 saturated carbocycles. The molecular weight excluding hydrogens is 222 g/mol. The van der Waals surface area contributed by atoms with Gasteiger partial charge in [0.05, 0.1) is 5.41 Å². The van der Waals surface area contributed by atoms with Gasteiger partial charge in [-0.25, -0.2) is 0 Å². The highest BCUT2D eigenvalue weighted by atomic mass is 35.5. The smallest absolute Gasteiger partial charge is 0.226 e. The third-order valence-corrected chi connectivity index (χ3v) is 4.35. The number of rotatable bonds is 4. The largest absolute Gasteiger partial charge is 0.355 e. The molecule has 94 valence electrons. The zero-order valence-corrected chi connectivity index (χ0v) is 11.5. The Bertz CT molecular complexity index is 244. The fourth-order valence-corrected chi connectivity index (χ4v) is 2.30. The van der Waals surface area contributed by atoms with Crippen molar-refractivity contribution in [2.75, 3.05) is 12.4 Å². The van der Waals surface area contributed by atoms with Crippen molar-refractivity contribution in [3.8, 4) is 0 Å². The summed E-state index contributed by atoms with van der Waals surface area (Å²) in [6, 6.07) is 0. The number of hydrogen-bond donors (Lipinski definition) is 1. The Morgan fingerprint density at radius 2 is 1.88 bits per heavy atom. The minimum atomic E-state index is -0.452. The Labute approximate surface area is 104 Å². The Morgan fingerprint density at radius 1 is 1.31 bits per heavy atom. The van der Waals surface area contributed by atoms with Gasteiger partial charge in [0.1, 0.15) is 0 Å². The van der Waals surface area contributed by atoms with Crippen molar-refractivity contribution in [1.82, 2.24) is 5.32 Å². The van der Waals surface area contributed by atoms with Gasteiger partial charge in [0.25, 0.3) is 0 Å². The lowest BCUT2D eigenvalue weighted by Gasteiger charge is -2.34. The van der Waals surface area contributed by atoms with E-state index in [0.717, 1.165) is 6.54 Å². The van der Waals surface area contributed by atoms with E-state index in [4.69, 9.17) is 11.6 Å². The van der Waals surface area contributed by atoms with Gasteiger partial charge in [-0.15, -0.1) is 11.6 Å². The van der Waals surface area contributed by atoms with Crippen LogP contribution in [0.1, 0.15) is 52.9 Å². The standard InChI is InChI=1S/C13H24ClNO/c1-12(2,9-14)11(16)15-10-13(3)7-5-4-6-8-13/h4-10H2,1-3H3,(H,15,16). The summed E-state index contributed by atoms with van der Waals surface area (Å²) in [6.07, 6.45) is 6.40. The van der Waals surface area contributed by atoms with Crippen molar-refractivity contribution in [2.45, 2.75) is 52.9 Å². The van der Waals surface area contributed by atoms with Gasteiger partial charge in [0.2, 0.25) is 5.91 Å². The first-order chi connectivity index (χ1) is 7.40. The maximum absolute atomic E-state index is 11.9. The van der Waals surface area contributed by atoms with Gasteiger partial charge in [-0.05, 0) is 32.1 Å². The maximum Gasteiger partial charge on any atom is 0.226 e. The molecule has 0 saturated heterocycles. The number of amides is 1. The molecule has 1 amide bonds. The highest BCUT2D eigenvalue weighted by molar-refractivity contribution is 6.19. The Kier molecular flexibility index (Phi) is 4.66. The second-order valence-corrected chi connectivity index (χ2v) is 6.34. The number of carbonyl (C=O) groups excluding carboxylic acids is 1. The van der Waals surface area contributed by atoms with Crippen LogP contribution in [0.2, 0.25) is 0 Å². The first-order valence-corrected chi connectivity index (χ1v) is 6.77. The normalized spacial score (nSPS) is 20.5. The van der Waals surface area contributed by atoms with Crippen LogP contribution in [-0.4, -0.2) is 18.3 Å². The molecule has 0 aromatic carbocycles. The fraction of sp³-hybridized carbons (Fsp3) is 0.923. The van der Waals surface area contributed by atoms with Gasteiger partial charge in [-0.3, -0.25) is 4.79 Å². The molecule has 0 aromatic heterocycles. The predicted molar refractivity (Wildman–Crippen MR) is 68.7 cm³/mol. The van der Waals surface area contributed by atoms with Gasteiger partial charge in [-0.1, -0.05) is 26.2 Å². The van der Waals surface area contributed by atoms with Crippen LogP contribution >= 0.6 is 11.6 Å². The van der Waals surface area contributed by atoms with Crippen LogP contribution in [0, 0.1) is 10.8 Å². The van der Waals surface area contributed by atoms with Crippen LogP contribution in [0.4, 0.5) is 0 Å². The van der Waals surface area contributed by atoms with E-state index in [9.17, 15) is 4.79 Å². The highest BCUT2D eigenvalue weighted by Gasteiger charge is 2.31. The molecule has 0 heterocycles. The van der Waals surface area contributed by atoms with E-state index in [1.54, 1.807) is 0 Å². The third-order valence-electron chi connectivity index (χ3n) is 3.69. The van der Waals surface area contributed by atoms with Crippen molar-refractivity contribution >= 4 is 17.5 Å². The molecular formula is C13H24ClNO. The average Bonchev–Trinajstić information content (AvgIpc) is 2.27. The van der Waals surface area contributed by atoms with Crippen LogP contribution in [0.15, 0.2) is 0 Å². The summed E-state index contributed by atoms with van der Waals surface area (Å²) in [7, 11) is 0. The molecule has 0 radical (unpaired) electrons. The average molecular weight is 246 g/mol. The molecule has 0 aliphatic heterocycles. The molecule has 3 heteroatoms. The molecule has 2 nitrogen and oxygen atoms in total. The molecule has 0 spiro atoms. The van der Waals surface area contributed by atoms with E-state index in [1.165, 1.54) is 32.1 Å². The molecule has 1 N–H and O–H groups in total. The first kappa shape index (κ1) is 13.8. The summed E-state index contributed by atoms with van der Waals surface area (Å²) in [5.41, 5.74) is -0.150. The molecule has 1 aliphatic carbocycles. The number of nitrogens with one attached hydrogen (secondary N) is 1. The maximum atomic E-state index is 11.9. The van der Waals surface area contributed by atoms with Crippen LogP contribution < -0.4 is 5.32 Å². The minimum Gasteiger partial charge on any atom is -0.355 e. The van der Waals surface area contributed by atoms with E-state index < -0.39 is 5.41 Å². The van der Waals surface area contributed by atoms with Gasteiger partial charge < -0.3 is 5.32 Å². The van der Waals surface area contributed by atoms with Crippen LogP contribution in [0.3, 0.4) is 0 Å². The van der Waals surface area contributed by atoms with E-state index >= 15 is 0 Å². The zero-order chi connectivity index (χ0) is 12.2. The van der Waals surface area contributed by atoms with Crippen molar-refractivity contribution in [1.29, 1.82) is 0 Å². The molecule has 1 fully saturated rings. The molecule has 0 bridgehead atoms. The summed E-state index contributed by atoms with van der Waals surface area (Å²) in [6.45, 7) is 6.85. The second kappa shape index (κ2) is 5.39. The molecule has 1 rings (SSSR count). The van der Waals surface area contributed by atoms with Crippen molar-refractivity contribution in [3.63, 3.8) is 0 Å². The first-order valence-electron chi connectivity index (χ1n) is 6.24. The highest BCUT2D eigenvalue weighted by Crippen LogP contribution is 2.35. The summed E-state index contributed by atoms with van der Waals surface area (Å²) in [5.74, 6) is 0.449. The van der Waals surface area contributed by atoms with E-state index in [-0.39, 0.29) is 5.91 Å². The van der Waals surface area contributed by atoms with Crippen molar-refractivity contribution in [2.24, 2.45) is 10.8 Å². The molecule has 0 unspecified atom stereocenters. The van der Waals surface area contributed by atoms with Crippen molar-refractivity contribution < 1.29 is 4.79 Å². The van der Waals surface area contributed by atoms with Gasteiger partial charge in [0, 0.05) is 12.4 Å².